The van der Waals surface area contributed by atoms with Crippen molar-refractivity contribution in [3.63, 3.8) is 0 Å². The van der Waals surface area contributed by atoms with Gasteiger partial charge < -0.3 is 5.11 Å². The molecule has 0 amide bonds. The molecule has 0 aliphatic rings. The Balaban J connectivity index is 3.81. The molecule has 0 unspecified atom stereocenters. The van der Waals surface area contributed by atoms with Gasteiger partial charge in [-0.2, -0.15) is 0 Å². The predicted octanol–water partition coefficient (Wildman–Crippen LogP) is 2.14. The molecule has 0 radical (unpaired) electrons. The molecule has 1 N–H and O–H groups in total. The molecule has 0 saturated carbocycles. The SMILES string of the molecule is C/C=C/[C@H](C)[C@@H](O)/C=C/C. The maximum Gasteiger partial charge on any atom is 0.0780 e. The van der Waals surface area contributed by atoms with E-state index in [9.17, 15) is 5.11 Å². The van der Waals surface area contributed by atoms with Crippen LogP contribution in [-0.2, 0) is 0 Å². The Labute approximate surface area is 63.1 Å². The van der Waals surface area contributed by atoms with Crippen LogP contribution in [-0.4, -0.2) is 11.2 Å². The quantitative estimate of drug-likeness (QED) is 0.595. The van der Waals surface area contributed by atoms with Gasteiger partial charge in [0.15, 0.2) is 0 Å². The maximum atomic E-state index is 9.31. The van der Waals surface area contributed by atoms with Crippen LogP contribution in [0.15, 0.2) is 24.3 Å². The zero-order valence-electron chi connectivity index (χ0n) is 6.91. The van der Waals surface area contributed by atoms with Crippen LogP contribution >= 0.6 is 0 Å². The normalized spacial score (nSPS) is 18.4. The first-order valence-electron chi connectivity index (χ1n) is 3.66. The summed E-state index contributed by atoms with van der Waals surface area (Å²) >= 11 is 0. The second-order valence-electron chi connectivity index (χ2n) is 2.40. The molecule has 58 valence electrons. The van der Waals surface area contributed by atoms with Crippen molar-refractivity contribution in [1.29, 1.82) is 0 Å². The summed E-state index contributed by atoms with van der Waals surface area (Å²) in [4.78, 5) is 0. The molecule has 0 fully saturated rings. The van der Waals surface area contributed by atoms with Gasteiger partial charge in [0, 0.05) is 5.92 Å². The van der Waals surface area contributed by atoms with Crippen molar-refractivity contribution in [3.8, 4) is 0 Å². The first kappa shape index (κ1) is 9.44. The van der Waals surface area contributed by atoms with Crippen LogP contribution < -0.4 is 0 Å². The highest BCUT2D eigenvalue weighted by atomic mass is 16.3. The summed E-state index contributed by atoms with van der Waals surface area (Å²) in [7, 11) is 0. The Bertz CT molecular complexity index is 109. The van der Waals surface area contributed by atoms with Crippen LogP contribution in [0.25, 0.3) is 0 Å². The minimum atomic E-state index is -0.332. The lowest BCUT2D eigenvalue weighted by Gasteiger charge is -2.09. The van der Waals surface area contributed by atoms with E-state index in [2.05, 4.69) is 0 Å². The molecule has 0 saturated heterocycles. The number of aliphatic hydroxyl groups excluding tert-OH is 1. The Morgan fingerprint density at radius 2 is 1.60 bits per heavy atom. The van der Waals surface area contributed by atoms with Crippen molar-refractivity contribution in [2.75, 3.05) is 0 Å². The van der Waals surface area contributed by atoms with Crippen molar-refractivity contribution in [3.05, 3.63) is 24.3 Å². The first-order chi connectivity index (χ1) is 4.72. The van der Waals surface area contributed by atoms with Gasteiger partial charge in [-0.05, 0) is 13.8 Å². The summed E-state index contributed by atoms with van der Waals surface area (Å²) in [6.45, 7) is 5.86. The number of hydrogen-bond acceptors (Lipinski definition) is 1. The highest BCUT2D eigenvalue weighted by molar-refractivity contribution is 4.96. The Kier molecular flexibility index (Phi) is 4.95. The van der Waals surface area contributed by atoms with Crippen LogP contribution in [0.3, 0.4) is 0 Å². The highest BCUT2D eigenvalue weighted by Gasteiger charge is 2.04. The van der Waals surface area contributed by atoms with Crippen molar-refractivity contribution in [2.45, 2.75) is 26.9 Å². The average Bonchev–Trinajstić information content (AvgIpc) is 1.89. The minimum absolute atomic E-state index is 0.223. The highest BCUT2D eigenvalue weighted by Crippen LogP contribution is 2.05. The second kappa shape index (κ2) is 5.24. The molecule has 0 spiro atoms. The topological polar surface area (TPSA) is 20.2 Å². The van der Waals surface area contributed by atoms with Crippen molar-refractivity contribution in [2.24, 2.45) is 5.92 Å². The molecular formula is C9H16O. The van der Waals surface area contributed by atoms with Crippen molar-refractivity contribution < 1.29 is 5.11 Å². The van der Waals surface area contributed by atoms with Crippen LogP contribution in [0.1, 0.15) is 20.8 Å². The number of allylic oxidation sites excluding steroid dienone is 2. The molecule has 2 atom stereocenters. The van der Waals surface area contributed by atoms with Crippen molar-refractivity contribution in [1.82, 2.24) is 0 Å². The molecule has 0 aliphatic heterocycles. The van der Waals surface area contributed by atoms with Gasteiger partial charge in [0.2, 0.25) is 0 Å². The van der Waals surface area contributed by atoms with E-state index in [0.29, 0.717) is 0 Å². The van der Waals surface area contributed by atoms with Gasteiger partial charge >= 0.3 is 0 Å². The average molecular weight is 140 g/mol. The molecule has 1 nitrogen and oxygen atoms in total. The van der Waals surface area contributed by atoms with E-state index in [1.54, 1.807) is 6.08 Å². The summed E-state index contributed by atoms with van der Waals surface area (Å²) in [6, 6.07) is 0. The van der Waals surface area contributed by atoms with Crippen molar-refractivity contribution >= 4 is 0 Å². The molecule has 0 heterocycles. The van der Waals surface area contributed by atoms with Crippen LogP contribution in [0.5, 0.6) is 0 Å². The summed E-state index contributed by atoms with van der Waals surface area (Å²) < 4.78 is 0. The molecule has 10 heavy (non-hydrogen) atoms. The van der Waals surface area contributed by atoms with E-state index in [4.69, 9.17) is 0 Å². The standard InChI is InChI=1S/C9H16O/c1-4-6-8(3)9(10)7-5-2/h4-10H,1-3H3/b6-4+,7-5+/t8-,9-/m0/s1. The molecule has 0 aliphatic carbocycles. The van der Waals surface area contributed by atoms with E-state index in [1.165, 1.54) is 0 Å². The largest absolute Gasteiger partial charge is 0.388 e. The Morgan fingerprint density at radius 1 is 1.10 bits per heavy atom. The molecule has 0 rings (SSSR count). The van der Waals surface area contributed by atoms with Gasteiger partial charge in [-0.15, -0.1) is 0 Å². The molecule has 0 aromatic carbocycles. The number of aliphatic hydroxyl groups is 1. The summed E-state index contributed by atoms with van der Waals surface area (Å²) in [5.74, 6) is 0.223. The zero-order chi connectivity index (χ0) is 7.98. The van der Waals surface area contributed by atoms with Gasteiger partial charge in [0.05, 0.1) is 6.10 Å². The molecule has 0 bridgehead atoms. The van der Waals surface area contributed by atoms with Crippen LogP contribution in [0.4, 0.5) is 0 Å². The van der Waals surface area contributed by atoms with Gasteiger partial charge in [-0.1, -0.05) is 31.2 Å². The fraction of sp³-hybridized carbons (Fsp3) is 0.556. The van der Waals surface area contributed by atoms with E-state index < -0.39 is 0 Å². The maximum absolute atomic E-state index is 9.31. The van der Waals surface area contributed by atoms with Crippen LogP contribution in [0.2, 0.25) is 0 Å². The molecule has 0 aromatic heterocycles. The molecule has 0 aromatic rings. The predicted molar refractivity (Wildman–Crippen MR) is 44.8 cm³/mol. The van der Waals surface area contributed by atoms with E-state index >= 15 is 0 Å². The Morgan fingerprint density at radius 3 is 2.00 bits per heavy atom. The van der Waals surface area contributed by atoms with Gasteiger partial charge in [-0.25, -0.2) is 0 Å². The summed E-state index contributed by atoms with van der Waals surface area (Å²) in [5, 5.41) is 9.31. The third kappa shape index (κ3) is 3.46. The monoisotopic (exact) mass is 140 g/mol. The first-order valence-corrected chi connectivity index (χ1v) is 3.66. The van der Waals surface area contributed by atoms with E-state index in [1.807, 2.05) is 39.0 Å². The summed E-state index contributed by atoms with van der Waals surface area (Å²) in [6.07, 6.45) is 7.28. The van der Waals surface area contributed by atoms with Crippen LogP contribution in [0, 0.1) is 5.92 Å². The lowest BCUT2D eigenvalue weighted by Crippen LogP contribution is -2.11. The number of hydrogen-bond donors (Lipinski definition) is 1. The van der Waals surface area contributed by atoms with E-state index in [-0.39, 0.29) is 12.0 Å². The van der Waals surface area contributed by atoms with Gasteiger partial charge in [0.1, 0.15) is 0 Å². The fourth-order valence-corrected chi connectivity index (χ4v) is 0.790. The third-order valence-corrected chi connectivity index (χ3v) is 1.42. The van der Waals surface area contributed by atoms with Gasteiger partial charge in [-0.3, -0.25) is 0 Å². The summed E-state index contributed by atoms with van der Waals surface area (Å²) in [5.41, 5.74) is 0. The molecule has 1 heteroatoms. The second-order valence-corrected chi connectivity index (χ2v) is 2.40. The van der Waals surface area contributed by atoms with E-state index in [0.717, 1.165) is 0 Å². The number of rotatable bonds is 3. The lowest BCUT2D eigenvalue weighted by atomic mass is 10.0. The Hall–Kier alpha value is -0.560. The fourth-order valence-electron chi connectivity index (χ4n) is 0.790. The minimum Gasteiger partial charge on any atom is -0.388 e. The molecular weight excluding hydrogens is 124 g/mol. The third-order valence-electron chi connectivity index (χ3n) is 1.42. The smallest absolute Gasteiger partial charge is 0.0780 e. The zero-order valence-corrected chi connectivity index (χ0v) is 6.91. The van der Waals surface area contributed by atoms with Gasteiger partial charge in [0.25, 0.3) is 0 Å². The lowest BCUT2D eigenvalue weighted by molar-refractivity contribution is 0.185.